The number of rotatable bonds is 45. The van der Waals surface area contributed by atoms with Gasteiger partial charge in [-0.2, -0.15) is 0 Å². The second-order valence-corrected chi connectivity index (χ2v) is 18.3. The van der Waals surface area contributed by atoms with Gasteiger partial charge in [0.1, 0.15) is 31.0 Å². The van der Waals surface area contributed by atoms with Crippen LogP contribution in [0.5, 0.6) is 0 Å². The van der Waals surface area contributed by atoms with Gasteiger partial charge in [-0.15, -0.1) is 0 Å². The van der Waals surface area contributed by atoms with E-state index in [1.807, 2.05) is 0 Å². The van der Waals surface area contributed by atoms with Crippen molar-refractivity contribution in [3.05, 3.63) is 72.9 Å². The average molecular weight is 943 g/mol. The van der Waals surface area contributed by atoms with Gasteiger partial charge in [0.05, 0.1) is 13.2 Å². The lowest BCUT2D eigenvalue weighted by Crippen LogP contribution is -2.59. The molecule has 0 spiro atoms. The Morgan fingerprint density at radius 2 is 0.881 bits per heavy atom. The molecule has 1 rings (SSSR count). The number of esters is 2. The van der Waals surface area contributed by atoms with Crippen molar-refractivity contribution in [1.82, 2.24) is 0 Å². The zero-order valence-electron chi connectivity index (χ0n) is 42.4. The molecule has 1 heterocycles. The van der Waals surface area contributed by atoms with Crippen LogP contribution in [0.15, 0.2) is 72.9 Å². The van der Waals surface area contributed by atoms with Gasteiger partial charge < -0.3 is 39.4 Å². The molecule has 6 atom stereocenters. The molecule has 1 aliphatic heterocycles. The molecule has 67 heavy (non-hydrogen) atoms. The topological polar surface area (TPSA) is 152 Å². The number of allylic oxidation sites excluding steroid dienone is 12. The van der Waals surface area contributed by atoms with Crippen LogP contribution in [0.3, 0.4) is 0 Å². The predicted octanol–water partition coefficient (Wildman–Crippen LogP) is 13.1. The van der Waals surface area contributed by atoms with Crippen molar-refractivity contribution in [2.24, 2.45) is 0 Å². The van der Waals surface area contributed by atoms with Crippen LogP contribution >= 0.6 is 0 Å². The van der Waals surface area contributed by atoms with E-state index in [0.717, 1.165) is 96.3 Å². The number of aliphatic hydroxyl groups is 4. The number of unbranched alkanes of at least 4 members (excludes halogenated alkanes) is 22. The fourth-order valence-corrected chi connectivity index (χ4v) is 7.86. The van der Waals surface area contributed by atoms with E-state index in [1.54, 1.807) is 0 Å². The largest absolute Gasteiger partial charge is 0.462 e. The maximum atomic E-state index is 12.8. The van der Waals surface area contributed by atoms with Crippen LogP contribution in [-0.4, -0.2) is 89.0 Å². The van der Waals surface area contributed by atoms with E-state index in [2.05, 4.69) is 86.8 Å². The fourth-order valence-electron chi connectivity index (χ4n) is 7.86. The van der Waals surface area contributed by atoms with Crippen molar-refractivity contribution in [2.45, 2.75) is 256 Å². The van der Waals surface area contributed by atoms with Gasteiger partial charge in [0.2, 0.25) is 0 Å². The zero-order chi connectivity index (χ0) is 48.7. The van der Waals surface area contributed by atoms with Gasteiger partial charge in [-0.05, 0) is 83.5 Å². The lowest BCUT2D eigenvalue weighted by atomic mass is 9.99. The van der Waals surface area contributed by atoms with Gasteiger partial charge in [-0.1, -0.05) is 196 Å². The van der Waals surface area contributed by atoms with E-state index in [0.29, 0.717) is 6.42 Å². The summed E-state index contributed by atoms with van der Waals surface area (Å²) in [6, 6.07) is 0. The van der Waals surface area contributed by atoms with E-state index in [1.165, 1.54) is 89.9 Å². The molecule has 1 aliphatic rings. The Morgan fingerprint density at radius 3 is 1.33 bits per heavy atom. The average Bonchev–Trinajstić information content (AvgIpc) is 3.33. The number of ether oxygens (including phenoxy) is 4. The van der Waals surface area contributed by atoms with Crippen molar-refractivity contribution >= 4 is 11.9 Å². The summed E-state index contributed by atoms with van der Waals surface area (Å²) in [4.78, 5) is 25.5. The van der Waals surface area contributed by atoms with Crippen LogP contribution in [0, 0.1) is 0 Å². The van der Waals surface area contributed by atoms with Gasteiger partial charge in [-0.3, -0.25) is 9.59 Å². The summed E-state index contributed by atoms with van der Waals surface area (Å²) >= 11 is 0. The van der Waals surface area contributed by atoms with Crippen LogP contribution in [0.2, 0.25) is 0 Å². The fraction of sp³-hybridized carbons (Fsp3) is 0.754. The van der Waals surface area contributed by atoms with Crippen molar-refractivity contribution in [3.63, 3.8) is 0 Å². The van der Waals surface area contributed by atoms with Crippen LogP contribution in [0.25, 0.3) is 0 Å². The monoisotopic (exact) mass is 943 g/mol. The van der Waals surface area contributed by atoms with Crippen LogP contribution in [-0.2, 0) is 28.5 Å². The first-order chi connectivity index (χ1) is 32.8. The molecule has 6 unspecified atom stereocenters. The number of carbonyl (C=O) groups excluding carboxylic acids is 2. The third-order valence-electron chi connectivity index (χ3n) is 12.1. The molecule has 10 nitrogen and oxygen atoms in total. The summed E-state index contributed by atoms with van der Waals surface area (Å²) in [5, 5.41) is 40.3. The molecule has 10 heteroatoms. The second kappa shape index (κ2) is 46.8. The molecule has 1 saturated heterocycles. The van der Waals surface area contributed by atoms with Gasteiger partial charge >= 0.3 is 11.9 Å². The smallest absolute Gasteiger partial charge is 0.306 e. The second-order valence-electron chi connectivity index (χ2n) is 18.3. The molecule has 0 aromatic rings. The molecule has 0 saturated carbocycles. The minimum absolute atomic E-state index is 0.210. The predicted molar refractivity (Wildman–Crippen MR) is 274 cm³/mol. The molecular formula is C57H98O10. The summed E-state index contributed by atoms with van der Waals surface area (Å²) in [6.07, 6.45) is 53.3. The van der Waals surface area contributed by atoms with Gasteiger partial charge in [-0.25, -0.2) is 0 Å². The molecular weight excluding hydrogens is 845 g/mol. The highest BCUT2D eigenvalue weighted by Crippen LogP contribution is 2.23. The third kappa shape index (κ3) is 37.7. The normalized spacial score (nSPS) is 19.6. The summed E-state index contributed by atoms with van der Waals surface area (Å²) in [5.41, 5.74) is 0. The minimum atomic E-state index is -1.60. The summed E-state index contributed by atoms with van der Waals surface area (Å²) in [7, 11) is 0. The Balaban J connectivity index is 2.25. The molecule has 4 N–H and O–H groups in total. The maximum Gasteiger partial charge on any atom is 0.306 e. The van der Waals surface area contributed by atoms with E-state index in [4.69, 9.17) is 18.9 Å². The lowest BCUT2D eigenvalue weighted by molar-refractivity contribution is -0.305. The molecule has 386 valence electrons. The SMILES string of the molecule is CC/C=C\C/C=C\C/C=C\C/C=C\CCCCCCCCC(=O)OC(COC(=O)CCCCCCCCCCCCC/C=C\C/C=C\CCCCCCC)COC1OC(CO)C(O)C(O)C1O. The Bertz CT molecular complexity index is 1320. The van der Waals surface area contributed by atoms with E-state index >= 15 is 0 Å². The van der Waals surface area contributed by atoms with Crippen molar-refractivity contribution in [1.29, 1.82) is 0 Å². The molecule has 0 radical (unpaired) electrons. The van der Waals surface area contributed by atoms with Crippen molar-refractivity contribution in [2.75, 3.05) is 19.8 Å². The Hall–Kier alpha value is -2.86. The third-order valence-corrected chi connectivity index (χ3v) is 12.1. The van der Waals surface area contributed by atoms with Crippen LogP contribution in [0.4, 0.5) is 0 Å². The highest BCUT2D eigenvalue weighted by molar-refractivity contribution is 5.70. The molecule has 0 bridgehead atoms. The van der Waals surface area contributed by atoms with E-state index < -0.39 is 49.4 Å². The lowest BCUT2D eigenvalue weighted by Gasteiger charge is -2.39. The van der Waals surface area contributed by atoms with Crippen LogP contribution < -0.4 is 0 Å². The zero-order valence-corrected chi connectivity index (χ0v) is 42.4. The Morgan fingerprint density at radius 1 is 0.478 bits per heavy atom. The Kier molecular flexibility index (Phi) is 43.5. The molecule has 0 aromatic carbocycles. The summed E-state index contributed by atoms with van der Waals surface area (Å²) in [5.74, 6) is -0.824. The van der Waals surface area contributed by atoms with Gasteiger partial charge in [0.15, 0.2) is 12.4 Å². The van der Waals surface area contributed by atoms with Gasteiger partial charge in [0.25, 0.3) is 0 Å². The highest BCUT2D eigenvalue weighted by atomic mass is 16.7. The van der Waals surface area contributed by atoms with Crippen molar-refractivity contribution in [3.8, 4) is 0 Å². The quantitative estimate of drug-likeness (QED) is 0.0264. The molecule has 0 aromatic heterocycles. The van der Waals surface area contributed by atoms with Crippen LogP contribution in [0.1, 0.15) is 219 Å². The first-order valence-corrected chi connectivity index (χ1v) is 27.0. The number of hydrogen-bond acceptors (Lipinski definition) is 10. The number of carbonyl (C=O) groups is 2. The molecule has 1 fully saturated rings. The standard InChI is InChI=1S/C57H98O10/c1-3-5-7-9-11-13-15-17-19-21-23-24-25-26-28-29-31-33-35-37-39-41-43-45-52(59)64-48-50(49-65-57-56(63)55(62)54(61)51(47-58)67-57)66-53(60)46-44-42-40-38-36-34-32-30-27-22-20-18-16-14-12-10-8-6-4-2/h6,8,12,14-15,17-18,20-21,23,27,30,50-51,54-58,61-63H,3-5,7,9-11,13,16,19,22,24-26,28-29,31-49H2,1-2H3/b8-6-,14-12-,17-15-,20-18-,23-21-,30-27-. The summed E-state index contributed by atoms with van der Waals surface area (Å²) < 4.78 is 22.3. The number of hydrogen-bond donors (Lipinski definition) is 4. The minimum Gasteiger partial charge on any atom is -0.462 e. The molecule has 0 amide bonds. The Labute approximate surface area is 408 Å². The van der Waals surface area contributed by atoms with E-state index in [-0.39, 0.29) is 32.0 Å². The maximum absolute atomic E-state index is 12.8. The first kappa shape index (κ1) is 62.2. The summed E-state index contributed by atoms with van der Waals surface area (Å²) in [6.45, 7) is 3.30. The van der Waals surface area contributed by atoms with Crippen molar-refractivity contribution < 1.29 is 49.0 Å². The first-order valence-electron chi connectivity index (χ1n) is 27.0. The van der Waals surface area contributed by atoms with Gasteiger partial charge in [0, 0.05) is 12.8 Å². The molecule has 0 aliphatic carbocycles. The number of aliphatic hydroxyl groups excluding tert-OH is 4. The van der Waals surface area contributed by atoms with E-state index in [9.17, 15) is 30.0 Å². The highest BCUT2D eigenvalue weighted by Gasteiger charge is 2.44.